The third-order valence-electron chi connectivity index (χ3n) is 1.74. The Morgan fingerprint density at radius 2 is 2.29 bits per heavy atom. The van der Waals surface area contributed by atoms with Crippen molar-refractivity contribution in [2.24, 2.45) is 0 Å². The Hall–Kier alpha value is -0.870. The Morgan fingerprint density at radius 3 is 2.86 bits per heavy atom. The Labute approximate surface area is 85.0 Å². The molecule has 14 heavy (non-hydrogen) atoms. The molecule has 0 aliphatic heterocycles. The molecule has 0 aromatic heterocycles. The van der Waals surface area contributed by atoms with E-state index in [2.05, 4.69) is 5.32 Å². The highest BCUT2D eigenvalue weighted by molar-refractivity contribution is 5.85. The number of rotatable bonds is 8. The lowest BCUT2D eigenvalue weighted by Gasteiger charge is -2.02. The van der Waals surface area contributed by atoms with Crippen molar-refractivity contribution in [1.29, 1.82) is 0 Å². The number of carboxylic acids is 1. The molecule has 0 heterocycles. The van der Waals surface area contributed by atoms with Crippen molar-refractivity contribution in [2.45, 2.75) is 20.3 Å². The summed E-state index contributed by atoms with van der Waals surface area (Å²) >= 11 is 0. The Balaban J connectivity index is 3.29. The molecule has 0 aromatic carbocycles. The molecule has 82 valence electrons. The van der Waals surface area contributed by atoms with Gasteiger partial charge in [0.05, 0.1) is 0 Å². The minimum absolute atomic E-state index is 0.377. The van der Waals surface area contributed by atoms with Gasteiger partial charge in [-0.3, -0.25) is 0 Å². The summed E-state index contributed by atoms with van der Waals surface area (Å²) in [6.07, 6.45) is 2.62. The van der Waals surface area contributed by atoms with E-state index in [1.807, 2.05) is 6.92 Å². The monoisotopic (exact) mass is 201 g/mol. The van der Waals surface area contributed by atoms with Crippen LogP contribution in [0.15, 0.2) is 11.6 Å². The van der Waals surface area contributed by atoms with Gasteiger partial charge < -0.3 is 15.2 Å². The van der Waals surface area contributed by atoms with Crippen LogP contribution >= 0.6 is 0 Å². The first-order valence-electron chi connectivity index (χ1n) is 4.87. The number of hydrogen-bond donors (Lipinski definition) is 2. The van der Waals surface area contributed by atoms with Gasteiger partial charge in [0.1, 0.15) is 0 Å². The molecule has 4 heteroatoms. The smallest absolute Gasteiger partial charge is 0.330 e. The van der Waals surface area contributed by atoms with Crippen LogP contribution in [0, 0.1) is 0 Å². The largest absolute Gasteiger partial charge is 0.478 e. The van der Waals surface area contributed by atoms with Gasteiger partial charge >= 0.3 is 5.97 Å². The molecule has 0 fully saturated rings. The normalized spacial score (nSPS) is 11.7. The second-order valence-corrected chi connectivity index (χ2v) is 2.95. The van der Waals surface area contributed by atoms with E-state index >= 15 is 0 Å². The van der Waals surface area contributed by atoms with Crippen molar-refractivity contribution in [3.8, 4) is 0 Å². The predicted octanol–water partition coefficient (Wildman–Crippen LogP) is 1.03. The molecule has 0 amide bonds. The predicted molar refractivity (Wildman–Crippen MR) is 55.4 cm³/mol. The van der Waals surface area contributed by atoms with Gasteiger partial charge in [-0.25, -0.2) is 4.79 Å². The van der Waals surface area contributed by atoms with Gasteiger partial charge in [-0.2, -0.15) is 0 Å². The highest BCUT2D eigenvalue weighted by atomic mass is 16.5. The molecular weight excluding hydrogens is 182 g/mol. The average molecular weight is 201 g/mol. The van der Waals surface area contributed by atoms with Crippen LogP contribution in [-0.2, 0) is 9.53 Å². The lowest BCUT2D eigenvalue weighted by molar-refractivity contribution is -0.132. The second-order valence-electron chi connectivity index (χ2n) is 2.95. The molecule has 0 aliphatic carbocycles. The summed E-state index contributed by atoms with van der Waals surface area (Å²) in [5.41, 5.74) is 0.377. The first-order chi connectivity index (χ1) is 6.68. The summed E-state index contributed by atoms with van der Waals surface area (Å²) in [6.45, 7) is 6.51. The number of carbonyl (C=O) groups is 1. The van der Waals surface area contributed by atoms with Gasteiger partial charge in [0, 0.05) is 25.3 Å². The summed E-state index contributed by atoms with van der Waals surface area (Å²) in [4.78, 5) is 10.4. The van der Waals surface area contributed by atoms with Gasteiger partial charge in [0.15, 0.2) is 0 Å². The van der Waals surface area contributed by atoms with Crippen molar-refractivity contribution in [1.82, 2.24) is 5.32 Å². The summed E-state index contributed by atoms with van der Waals surface area (Å²) in [5, 5.41) is 11.6. The summed E-state index contributed by atoms with van der Waals surface area (Å²) in [5.74, 6) is -0.860. The molecule has 2 N–H and O–H groups in total. The summed E-state index contributed by atoms with van der Waals surface area (Å²) < 4.78 is 5.15. The van der Waals surface area contributed by atoms with Gasteiger partial charge in [-0.05, 0) is 26.8 Å². The number of aliphatic carboxylic acids is 1. The van der Waals surface area contributed by atoms with Crippen LogP contribution < -0.4 is 5.32 Å². The van der Waals surface area contributed by atoms with Crippen LogP contribution in [0.2, 0.25) is 0 Å². The molecule has 0 bridgehead atoms. The topological polar surface area (TPSA) is 58.6 Å². The fourth-order valence-electron chi connectivity index (χ4n) is 0.858. The maximum Gasteiger partial charge on any atom is 0.330 e. The van der Waals surface area contributed by atoms with Crippen LogP contribution in [0.25, 0.3) is 0 Å². The molecule has 0 aromatic rings. The van der Waals surface area contributed by atoms with Crippen molar-refractivity contribution in [3.63, 3.8) is 0 Å². The van der Waals surface area contributed by atoms with Crippen molar-refractivity contribution in [3.05, 3.63) is 11.6 Å². The van der Waals surface area contributed by atoms with E-state index in [1.54, 1.807) is 13.0 Å². The zero-order valence-electron chi connectivity index (χ0n) is 8.88. The van der Waals surface area contributed by atoms with Gasteiger partial charge in [0.2, 0.25) is 0 Å². The van der Waals surface area contributed by atoms with E-state index in [0.717, 1.165) is 26.2 Å². The second kappa shape index (κ2) is 8.72. The maximum atomic E-state index is 10.4. The van der Waals surface area contributed by atoms with E-state index in [9.17, 15) is 4.79 Å². The molecule has 4 nitrogen and oxygen atoms in total. The van der Waals surface area contributed by atoms with Crippen molar-refractivity contribution < 1.29 is 14.6 Å². The minimum Gasteiger partial charge on any atom is -0.478 e. The van der Waals surface area contributed by atoms with E-state index in [1.165, 1.54) is 0 Å². The zero-order chi connectivity index (χ0) is 10.8. The van der Waals surface area contributed by atoms with Crippen LogP contribution in [0.5, 0.6) is 0 Å². The van der Waals surface area contributed by atoms with Gasteiger partial charge in [-0.15, -0.1) is 0 Å². The Kier molecular flexibility index (Phi) is 8.17. The summed E-state index contributed by atoms with van der Waals surface area (Å²) in [6, 6.07) is 0. The molecule has 0 saturated carbocycles. The quantitative estimate of drug-likeness (QED) is 0.455. The molecule has 0 rings (SSSR count). The van der Waals surface area contributed by atoms with Crippen molar-refractivity contribution >= 4 is 5.97 Å². The SMILES string of the molecule is CCOCCCNC/C=C(/C)C(=O)O. The van der Waals surface area contributed by atoms with E-state index in [4.69, 9.17) is 9.84 Å². The highest BCUT2D eigenvalue weighted by Crippen LogP contribution is 1.89. The number of hydrogen-bond acceptors (Lipinski definition) is 3. The van der Waals surface area contributed by atoms with Crippen LogP contribution in [0.1, 0.15) is 20.3 Å². The van der Waals surface area contributed by atoms with Crippen LogP contribution in [0.3, 0.4) is 0 Å². The van der Waals surface area contributed by atoms with Gasteiger partial charge in [-0.1, -0.05) is 6.08 Å². The fourth-order valence-corrected chi connectivity index (χ4v) is 0.858. The number of nitrogens with one attached hydrogen (secondary N) is 1. The van der Waals surface area contributed by atoms with E-state index < -0.39 is 5.97 Å². The molecule has 0 spiro atoms. The highest BCUT2D eigenvalue weighted by Gasteiger charge is 1.96. The Morgan fingerprint density at radius 1 is 1.57 bits per heavy atom. The fraction of sp³-hybridized carbons (Fsp3) is 0.700. The number of carboxylic acid groups (broad SMARTS) is 1. The summed E-state index contributed by atoms with van der Waals surface area (Å²) in [7, 11) is 0. The lowest BCUT2D eigenvalue weighted by Crippen LogP contribution is -2.17. The van der Waals surface area contributed by atoms with Crippen molar-refractivity contribution in [2.75, 3.05) is 26.3 Å². The maximum absolute atomic E-state index is 10.4. The van der Waals surface area contributed by atoms with E-state index in [0.29, 0.717) is 12.1 Å². The number of ether oxygens (including phenoxy) is 1. The molecule has 0 radical (unpaired) electrons. The van der Waals surface area contributed by atoms with Crippen LogP contribution in [-0.4, -0.2) is 37.4 Å². The third-order valence-corrected chi connectivity index (χ3v) is 1.74. The Bertz CT molecular complexity index is 190. The van der Waals surface area contributed by atoms with Crippen LogP contribution in [0.4, 0.5) is 0 Å². The molecule has 0 atom stereocenters. The van der Waals surface area contributed by atoms with E-state index in [-0.39, 0.29) is 0 Å². The van der Waals surface area contributed by atoms with Gasteiger partial charge in [0.25, 0.3) is 0 Å². The first kappa shape index (κ1) is 13.1. The molecule has 0 unspecified atom stereocenters. The third kappa shape index (κ3) is 7.76. The zero-order valence-corrected chi connectivity index (χ0v) is 8.88. The molecule has 0 aliphatic rings. The molecular formula is C10H19NO3. The molecule has 0 saturated heterocycles. The average Bonchev–Trinajstić information content (AvgIpc) is 2.16. The lowest BCUT2D eigenvalue weighted by atomic mass is 10.3. The first-order valence-corrected chi connectivity index (χ1v) is 4.87. The standard InChI is InChI=1S/C10H19NO3/c1-3-14-8-4-6-11-7-5-9(2)10(12)13/h5,11H,3-4,6-8H2,1-2H3,(H,12,13)/b9-5-. The minimum atomic E-state index is -0.860.